The number of alkyl halides is 2. The average Bonchev–Trinajstić information content (AvgIpc) is 3.16. The molecule has 0 aliphatic rings. The molecule has 0 spiro atoms. The fraction of sp³-hybridized carbons (Fsp3) is 0.304. The van der Waals surface area contributed by atoms with Crippen LogP contribution in [0.4, 0.5) is 8.78 Å². The standard InChI is InChI=1S/C23H22ClF2N5O4/c1-23(25,26)14-5-3-6-17(11-14)35-21-28-19-18(31(21)13-16-8-7-15(24)12-27-16)20(33)30(9-4-10-32)22(34)29(19)2/h3,5-8,11-12,32H,4,9-10,13H2,1-2H3. The number of fused-ring (bicyclic) bond motifs is 1. The fourth-order valence-corrected chi connectivity index (χ4v) is 3.71. The van der Waals surface area contributed by atoms with Gasteiger partial charge in [0, 0.05) is 38.9 Å². The summed E-state index contributed by atoms with van der Waals surface area (Å²) in [7, 11) is 1.46. The van der Waals surface area contributed by atoms with Gasteiger partial charge in [-0.1, -0.05) is 23.7 Å². The molecule has 0 aliphatic carbocycles. The van der Waals surface area contributed by atoms with E-state index in [1.54, 1.807) is 12.1 Å². The lowest BCUT2D eigenvalue weighted by molar-refractivity contribution is 0.0173. The molecule has 0 amide bonds. The zero-order chi connectivity index (χ0) is 25.3. The minimum atomic E-state index is -3.09. The third kappa shape index (κ3) is 4.96. The number of pyridine rings is 1. The second-order valence-corrected chi connectivity index (χ2v) is 8.45. The predicted molar refractivity (Wildman–Crippen MR) is 125 cm³/mol. The zero-order valence-electron chi connectivity index (χ0n) is 18.9. The van der Waals surface area contributed by atoms with Gasteiger partial charge in [-0.15, -0.1) is 0 Å². The number of aliphatic hydroxyl groups excluding tert-OH is 1. The van der Waals surface area contributed by atoms with Crippen molar-refractivity contribution in [2.75, 3.05) is 6.61 Å². The first kappa shape index (κ1) is 24.6. The molecule has 0 aliphatic heterocycles. The van der Waals surface area contributed by atoms with Crippen molar-refractivity contribution < 1.29 is 18.6 Å². The summed E-state index contributed by atoms with van der Waals surface area (Å²) in [6.07, 6.45) is 1.65. The predicted octanol–water partition coefficient (Wildman–Crippen LogP) is 3.28. The van der Waals surface area contributed by atoms with Crippen molar-refractivity contribution >= 4 is 22.8 Å². The van der Waals surface area contributed by atoms with E-state index < -0.39 is 17.2 Å². The SMILES string of the molecule is Cn1c(=O)n(CCCO)c(=O)c2c1nc(Oc1cccc(C(C)(F)F)c1)n2Cc1ccc(Cl)cn1. The summed E-state index contributed by atoms with van der Waals surface area (Å²) in [6.45, 7) is 0.610. The highest BCUT2D eigenvalue weighted by Crippen LogP contribution is 2.31. The van der Waals surface area contributed by atoms with Crippen LogP contribution in [0.2, 0.25) is 5.02 Å². The van der Waals surface area contributed by atoms with Gasteiger partial charge in [0.25, 0.3) is 11.5 Å². The van der Waals surface area contributed by atoms with Gasteiger partial charge in [-0.2, -0.15) is 4.98 Å². The van der Waals surface area contributed by atoms with E-state index in [9.17, 15) is 23.5 Å². The summed E-state index contributed by atoms with van der Waals surface area (Å²) in [5.41, 5.74) is -0.848. The number of aliphatic hydroxyl groups is 1. The van der Waals surface area contributed by atoms with E-state index in [2.05, 4.69) is 9.97 Å². The van der Waals surface area contributed by atoms with Crippen molar-refractivity contribution in [1.29, 1.82) is 0 Å². The highest BCUT2D eigenvalue weighted by Gasteiger charge is 2.26. The van der Waals surface area contributed by atoms with Crippen LogP contribution < -0.4 is 16.0 Å². The van der Waals surface area contributed by atoms with Gasteiger partial charge in [0.1, 0.15) is 5.75 Å². The number of imidazole rings is 1. The molecule has 9 nitrogen and oxygen atoms in total. The molecule has 3 heterocycles. The number of aromatic nitrogens is 5. The van der Waals surface area contributed by atoms with E-state index in [1.165, 1.54) is 46.6 Å². The van der Waals surface area contributed by atoms with Crippen molar-refractivity contribution in [1.82, 2.24) is 23.7 Å². The minimum Gasteiger partial charge on any atom is -0.425 e. The van der Waals surface area contributed by atoms with Crippen LogP contribution in [0.3, 0.4) is 0 Å². The maximum absolute atomic E-state index is 13.8. The number of aryl methyl sites for hydroxylation is 1. The first-order chi connectivity index (χ1) is 16.6. The number of hydrogen-bond donors (Lipinski definition) is 1. The van der Waals surface area contributed by atoms with Gasteiger partial charge in [0.2, 0.25) is 0 Å². The lowest BCUT2D eigenvalue weighted by Gasteiger charge is -2.13. The normalized spacial score (nSPS) is 11.8. The van der Waals surface area contributed by atoms with Gasteiger partial charge < -0.3 is 9.84 Å². The molecular weight excluding hydrogens is 484 g/mol. The van der Waals surface area contributed by atoms with Crippen molar-refractivity contribution in [3.05, 3.63) is 79.7 Å². The van der Waals surface area contributed by atoms with Gasteiger partial charge in [-0.25, -0.2) is 13.6 Å². The summed E-state index contributed by atoms with van der Waals surface area (Å²) in [6, 6.07) is 8.57. The Kier molecular flexibility index (Phi) is 6.73. The molecule has 12 heteroatoms. The van der Waals surface area contributed by atoms with Crippen molar-refractivity contribution in [2.45, 2.75) is 32.4 Å². The quantitative estimate of drug-likeness (QED) is 0.394. The van der Waals surface area contributed by atoms with Crippen LogP contribution in [0.15, 0.2) is 52.2 Å². The van der Waals surface area contributed by atoms with Crippen molar-refractivity contribution in [2.24, 2.45) is 7.05 Å². The van der Waals surface area contributed by atoms with Crippen LogP contribution in [-0.2, 0) is 26.1 Å². The van der Waals surface area contributed by atoms with Crippen LogP contribution in [0, 0.1) is 0 Å². The second-order valence-electron chi connectivity index (χ2n) is 8.01. The Hall–Kier alpha value is -3.57. The highest BCUT2D eigenvalue weighted by molar-refractivity contribution is 6.30. The lowest BCUT2D eigenvalue weighted by Crippen LogP contribution is -2.39. The molecule has 0 saturated heterocycles. The molecular formula is C23H22ClF2N5O4. The molecule has 4 rings (SSSR count). The van der Waals surface area contributed by atoms with Crippen molar-refractivity contribution in [3.63, 3.8) is 0 Å². The Labute approximate surface area is 202 Å². The Morgan fingerprint density at radius 3 is 2.60 bits per heavy atom. The number of rotatable bonds is 8. The molecule has 0 bridgehead atoms. The lowest BCUT2D eigenvalue weighted by atomic mass is 10.1. The molecule has 4 aromatic rings. The van der Waals surface area contributed by atoms with Crippen LogP contribution >= 0.6 is 11.6 Å². The summed E-state index contributed by atoms with van der Waals surface area (Å²) < 4.78 is 37.2. The van der Waals surface area contributed by atoms with Gasteiger partial charge in [-0.3, -0.25) is 23.5 Å². The fourth-order valence-electron chi connectivity index (χ4n) is 3.60. The average molecular weight is 506 g/mol. The molecule has 0 fully saturated rings. The number of halogens is 3. The molecule has 184 valence electrons. The monoisotopic (exact) mass is 505 g/mol. The summed E-state index contributed by atoms with van der Waals surface area (Å²) in [5, 5.41) is 9.60. The smallest absolute Gasteiger partial charge is 0.332 e. The number of hydrogen-bond acceptors (Lipinski definition) is 6. The Bertz CT molecular complexity index is 1490. The van der Waals surface area contributed by atoms with E-state index in [-0.39, 0.29) is 54.6 Å². The maximum atomic E-state index is 13.8. The van der Waals surface area contributed by atoms with E-state index in [4.69, 9.17) is 16.3 Å². The van der Waals surface area contributed by atoms with Crippen LogP contribution in [0.25, 0.3) is 11.2 Å². The number of nitrogens with zero attached hydrogens (tertiary/aromatic N) is 5. The van der Waals surface area contributed by atoms with Gasteiger partial charge in [-0.05, 0) is 30.7 Å². The Morgan fingerprint density at radius 2 is 1.94 bits per heavy atom. The topological polar surface area (TPSA) is 104 Å². The molecule has 1 N–H and O–H groups in total. The second kappa shape index (κ2) is 9.59. The third-order valence-corrected chi connectivity index (χ3v) is 5.62. The molecule has 1 aromatic carbocycles. The molecule has 0 saturated carbocycles. The highest BCUT2D eigenvalue weighted by atomic mass is 35.5. The van der Waals surface area contributed by atoms with Gasteiger partial charge in [0.15, 0.2) is 11.2 Å². The molecule has 0 radical (unpaired) electrons. The Morgan fingerprint density at radius 1 is 1.17 bits per heavy atom. The molecule has 0 unspecified atom stereocenters. The number of benzene rings is 1. The first-order valence-electron chi connectivity index (χ1n) is 10.7. The maximum Gasteiger partial charge on any atom is 0.332 e. The first-order valence-corrected chi connectivity index (χ1v) is 11.1. The summed E-state index contributed by atoms with van der Waals surface area (Å²) in [5.74, 6) is -3.01. The van der Waals surface area contributed by atoms with Gasteiger partial charge >= 0.3 is 11.7 Å². The zero-order valence-corrected chi connectivity index (χ0v) is 19.7. The van der Waals surface area contributed by atoms with Crippen molar-refractivity contribution in [3.8, 4) is 11.8 Å². The molecule has 3 aromatic heterocycles. The summed E-state index contributed by atoms with van der Waals surface area (Å²) in [4.78, 5) is 34.7. The van der Waals surface area contributed by atoms with Crippen LogP contribution in [0.5, 0.6) is 11.8 Å². The van der Waals surface area contributed by atoms with E-state index in [0.717, 1.165) is 11.5 Å². The largest absolute Gasteiger partial charge is 0.425 e. The Balaban J connectivity index is 1.91. The van der Waals surface area contributed by atoms with E-state index in [0.29, 0.717) is 10.7 Å². The van der Waals surface area contributed by atoms with Gasteiger partial charge in [0.05, 0.1) is 17.3 Å². The van der Waals surface area contributed by atoms with Crippen LogP contribution in [0.1, 0.15) is 24.6 Å². The third-order valence-electron chi connectivity index (χ3n) is 5.40. The minimum absolute atomic E-state index is 0.00609. The molecule has 35 heavy (non-hydrogen) atoms. The van der Waals surface area contributed by atoms with E-state index >= 15 is 0 Å². The van der Waals surface area contributed by atoms with Crippen LogP contribution in [-0.4, -0.2) is 35.4 Å². The van der Waals surface area contributed by atoms with E-state index in [1.807, 2.05) is 0 Å². The number of ether oxygens (including phenoxy) is 1. The molecule has 0 atom stereocenters. The summed E-state index contributed by atoms with van der Waals surface area (Å²) >= 11 is 5.93.